The highest BCUT2D eigenvalue weighted by molar-refractivity contribution is 6.26. The molecule has 2 aliphatic heterocycles. The molecular formula is C19H20N2O3. The standard InChI is InChI=1S/C19H20N2O3/c1-12(2)21-18(22)14-5-3-4-13-16(20-8-10-24-11-9-20)7-6-15(17(13)14)19(21)23/h3-7,12H,8-11H2,1-2H3. The zero-order chi connectivity index (χ0) is 16.8. The third-order valence-corrected chi connectivity index (χ3v) is 4.78. The molecule has 0 N–H and O–H groups in total. The summed E-state index contributed by atoms with van der Waals surface area (Å²) in [5, 5.41) is 1.75. The molecule has 0 spiro atoms. The molecule has 2 amide bonds. The Morgan fingerprint density at radius 3 is 2.29 bits per heavy atom. The third kappa shape index (κ3) is 2.12. The van der Waals surface area contributed by atoms with E-state index in [1.165, 1.54) is 4.90 Å². The number of ether oxygens (including phenoxy) is 1. The molecule has 2 aliphatic rings. The summed E-state index contributed by atoms with van der Waals surface area (Å²) in [6.45, 7) is 6.76. The maximum absolute atomic E-state index is 12.8. The molecule has 2 heterocycles. The summed E-state index contributed by atoms with van der Waals surface area (Å²) in [6.07, 6.45) is 0. The van der Waals surface area contributed by atoms with Crippen LogP contribution in [0.4, 0.5) is 5.69 Å². The lowest BCUT2D eigenvalue weighted by molar-refractivity contribution is 0.0564. The molecule has 124 valence electrons. The van der Waals surface area contributed by atoms with Crippen LogP contribution in [0.25, 0.3) is 10.8 Å². The van der Waals surface area contributed by atoms with Crippen molar-refractivity contribution >= 4 is 28.3 Å². The molecule has 0 bridgehead atoms. The van der Waals surface area contributed by atoms with Gasteiger partial charge in [-0.3, -0.25) is 14.5 Å². The van der Waals surface area contributed by atoms with Gasteiger partial charge in [0.1, 0.15) is 0 Å². The number of hydrogen-bond donors (Lipinski definition) is 0. The molecule has 5 heteroatoms. The van der Waals surface area contributed by atoms with Gasteiger partial charge in [-0.05, 0) is 32.0 Å². The van der Waals surface area contributed by atoms with E-state index in [9.17, 15) is 9.59 Å². The number of morpholine rings is 1. The molecule has 24 heavy (non-hydrogen) atoms. The van der Waals surface area contributed by atoms with Gasteiger partial charge >= 0.3 is 0 Å². The fourth-order valence-electron chi connectivity index (χ4n) is 3.65. The zero-order valence-electron chi connectivity index (χ0n) is 13.9. The number of anilines is 1. The Morgan fingerprint density at radius 1 is 0.958 bits per heavy atom. The molecular weight excluding hydrogens is 304 g/mol. The molecule has 0 atom stereocenters. The summed E-state index contributed by atoms with van der Waals surface area (Å²) in [7, 11) is 0. The second-order valence-electron chi connectivity index (χ2n) is 6.53. The van der Waals surface area contributed by atoms with Gasteiger partial charge in [0, 0.05) is 46.7 Å². The van der Waals surface area contributed by atoms with Gasteiger partial charge in [-0.2, -0.15) is 0 Å². The quantitative estimate of drug-likeness (QED) is 0.797. The van der Waals surface area contributed by atoms with Crippen LogP contribution in [-0.4, -0.2) is 49.1 Å². The Morgan fingerprint density at radius 2 is 1.62 bits per heavy atom. The molecule has 0 aromatic heterocycles. The summed E-state index contributed by atoms with van der Waals surface area (Å²) in [4.78, 5) is 29.2. The number of imide groups is 1. The average Bonchev–Trinajstić information content (AvgIpc) is 2.59. The maximum atomic E-state index is 12.8. The van der Waals surface area contributed by atoms with Crippen molar-refractivity contribution in [2.24, 2.45) is 0 Å². The Balaban J connectivity index is 1.94. The van der Waals surface area contributed by atoms with Crippen LogP contribution in [0.3, 0.4) is 0 Å². The van der Waals surface area contributed by atoms with E-state index in [0.29, 0.717) is 24.3 Å². The number of carbonyl (C=O) groups excluding carboxylic acids is 2. The van der Waals surface area contributed by atoms with Crippen molar-refractivity contribution in [1.29, 1.82) is 0 Å². The van der Waals surface area contributed by atoms with Crippen molar-refractivity contribution in [3.8, 4) is 0 Å². The Labute approximate surface area is 140 Å². The van der Waals surface area contributed by atoms with E-state index in [2.05, 4.69) is 4.90 Å². The third-order valence-electron chi connectivity index (χ3n) is 4.78. The molecule has 0 saturated carbocycles. The van der Waals surface area contributed by atoms with Gasteiger partial charge in [0.15, 0.2) is 0 Å². The minimum atomic E-state index is -0.202. The first-order valence-electron chi connectivity index (χ1n) is 8.36. The van der Waals surface area contributed by atoms with Crippen LogP contribution in [0.15, 0.2) is 30.3 Å². The number of hydrogen-bond acceptors (Lipinski definition) is 4. The van der Waals surface area contributed by atoms with Gasteiger partial charge in [0.25, 0.3) is 11.8 Å². The summed E-state index contributed by atoms with van der Waals surface area (Å²) >= 11 is 0. The van der Waals surface area contributed by atoms with Gasteiger partial charge in [-0.15, -0.1) is 0 Å². The number of amides is 2. The first-order chi connectivity index (χ1) is 11.6. The van der Waals surface area contributed by atoms with E-state index in [-0.39, 0.29) is 17.9 Å². The zero-order valence-corrected chi connectivity index (χ0v) is 13.9. The fraction of sp³-hybridized carbons (Fsp3) is 0.368. The van der Waals surface area contributed by atoms with Crippen LogP contribution >= 0.6 is 0 Å². The first-order valence-corrected chi connectivity index (χ1v) is 8.36. The molecule has 4 rings (SSSR count). The largest absolute Gasteiger partial charge is 0.378 e. The lowest BCUT2D eigenvalue weighted by atomic mass is 9.92. The normalized spacial score (nSPS) is 18.0. The monoisotopic (exact) mass is 324 g/mol. The molecule has 1 saturated heterocycles. The molecule has 0 unspecified atom stereocenters. The van der Waals surface area contributed by atoms with Crippen molar-refractivity contribution in [2.75, 3.05) is 31.2 Å². The van der Waals surface area contributed by atoms with E-state index >= 15 is 0 Å². The van der Waals surface area contributed by atoms with Crippen LogP contribution in [0.5, 0.6) is 0 Å². The average molecular weight is 324 g/mol. The molecule has 0 radical (unpaired) electrons. The van der Waals surface area contributed by atoms with Gasteiger partial charge < -0.3 is 9.64 Å². The lowest BCUT2D eigenvalue weighted by Crippen LogP contribution is -2.44. The van der Waals surface area contributed by atoms with Crippen LogP contribution < -0.4 is 4.90 Å². The number of carbonyl (C=O) groups is 2. The first kappa shape index (κ1) is 15.1. The highest BCUT2D eigenvalue weighted by Gasteiger charge is 2.35. The predicted molar refractivity (Wildman–Crippen MR) is 92.6 cm³/mol. The van der Waals surface area contributed by atoms with Gasteiger partial charge in [0.05, 0.1) is 13.2 Å². The molecule has 5 nitrogen and oxygen atoms in total. The van der Waals surface area contributed by atoms with E-state index < -0.39 is 0 Å². The van der Waals surface area contributed by atoms with Crippen LogP contribution in [-0.2, 0) is 4.74 Å². The van der Waals surface area contributed by atoms with Gasteiger partial charge in [0.2, 0.25) is 0 Å². The fourth-order valence-corrected chi connectivity index (χ4v) is 3.65. The smallest absolute Gasteiger partial charge is 0.261 e. The van der Waals surface area contributed by atoms with Crippen LogP contribution in [0.1, 0.15) is 34.6 Å². The number of nitrogens with zero attached hydrogens (tertiary/aromatic N) is 2. The molecule has 2 aromatic carbocycles. The van der Waals surface area contributed by atoms with E-state index in [4.69, 9.17) is 4.74 Å². The van der Waals surface area contributed by atoms with E-state index in [0.717, 1.165) is 29.5 Å². The lowest BCUT2D eigenvalue weighted by Gasteiger charge is -2.33. The predicted octanol–water partition coefficient (Wildman–Crippen LogP) is 2.68. The van der Waals surface area contributed by atoms with E-state index in [1.54, 1.807) is 0 Å². The molecule has 0 aliphatic carbocycles. The molecule has 2 aromatic rings. The Hall–Kier alpha value is -2.40. The minimum absolute atomic E-state index is 0.160. The van der Waals surface area contributed by atoms with Crippen molar-refractivity contribution in [3.05, 3.63) is 41.5 Å². The topological polar surface area (TPSA) is 49.9 Å². The van der Waals surface area contributed by atoms with Crippen molar-refractivity contribution in [2.45, 2.75) is 19.9 Å². The summed E-state index contributed by atoms with van der Waals surface area (Å²) in [5.74, 6) is -0.403. The number of rotatable bonds is 2. The second kappa shape index (κ2) is 5.60. The van der Waals surface area contributed by atoms with Crippen molar-refractivity contribution in [1.82, 2.24) is 4.90 Å². The highest BCUT2D eigenvalue weighted by atomic mass is 16.5. The minimum Gasteiger partial charge on any atom is -0.378 e. The Bertz CT molecular complexity index is 816. The van der Waals surface area contributed by atoms with Gasteiger partial charge in [-0.25, -0.2) is 0 Å². The summed E-state index contributed by atoms with van der Waals surface area (Å²) in [6, 6.07) is 9.42. The number of benzene rings is 2. The van der Waals surface area contributed by atoms with Crippen molar-refractivity contribution < 1.29 is 14.3 Å². The Kier molecular flexibility index (Phi) is 3.53. The summed E-state index contributed by atoms with van der Waals surface area (Å²) < 4.78 is 5.43. The van der Waals surface area contributed by atoms with Crippen molar-refractivity contribution in [3.63, 3.8) is 0 Å². The van der Waals surface area contributed by atoms with E-state index in [1.807, 2.05) is 44.2 Å². The summed E-state index contributed by atoms with van der Waals surface area (Å²) in [5.41, 5.74) is 2.30. The molecule has 1 fully saturated rings. The van der Waals surface area contributed by atoms with Crippen LogP contribution in [0, 0.1) is 0 Å². The second-order valence-corrected chi connectivity index (χ2v) is 6.53. The van der Waals surface area contributed by atoms with Gasteiger partial charge in [-0.1, -0.05) is 12.1 Å². The SMILES string of the molecule is CC(C)N1C(=O)c2cccc3c(N4CCOCC4)ccc(c23)C1=O. The highest BCUT2D eigenvalue weighted by Crippen LogP contribution is 2.36. The van der Waals surface area contributed by atoms with Crippen LogP contribution in [0.2, 0.25) is 0 Å². The maximum Gasteiger partial charge on any atom is 0.261 e.